The molecule has 2 aliphatic rings. The predicted molar refractivity (Wildman–Crippen MR) is 184 cm³/mol. The number of nitrogens with zero attached hydrogens (tertiary/aromatic N) is 5. The van der Waals surface area contributed by atoms with E-state index < -0.39 is 83.8 Å². The molecule has 2 saturated heterocycles. The first kappa shape index (κ1) is 42.6. The van der Waals surface area contributed by atoms with Crippen LogP contribution in [0, 0.1) is 0 Å². The van der Waals surface area contributed by atoms with Gasteiger partial charge in [0.05, 0.1) is 26.1 Å². The number of phosphoric acid groups is 2. The second kappa shape index (κ2) is 18.6. The summed E-state index contributed by atoms with van der Waals surface area (Å²) >= 11 is 0. The molecule has 24 nitrogen and oxygen atoms in total. The lowest BCUT2D eigenvalue weighted by molar-refractivity contribution is -0.765. The number of amides is 2. The summed E-state index contributed by atoms with van der Waals surface area (Å²) in [6.45, 7) is -0.846. The fraction of sp³-hybridized carbons (Fsp3) is 0.586. The monoisotopic (exact) mass is 820 g/mol. The van der Waals surface area contributed by atoms with E-state index in [1.165, 1.54) is 46.3 Å². The van der Waals surface area contributed by atoms with Gasteiger partial charge in [-0.05, 0) is 25.5 Å². The van der Waals surface area contributed by atoms with Gasteiger partial charge < -0.3 is 61.8 Å². The molecule has 10 unspecified atom stereocenters. The lowest BCUT2D eigenvalue weighted by atomic mass is 10.1. The van der Waals surface area contributed by atoms with Crippen LogP contribution in [0.2, 0.25) is 0 Å². The number of rotatable bonds is 20. The highest BCUT2D eigenvalue weighted by molar-refractivity contribution is 7.61. The van der Waals surface area contributed by atoms with Gasteiger partial charge in [0, 0.05) is 12.6 Å². The first-order valence-corrected chi connectivity index (χ1v) is 20.0. The number of hydrogen-bond donors (Lipinski definition) is 10. The average Bonchev–Trinajstić information content (AvgIpc) is 3.79. The molecule has 0 aliphatic carbocycles. The summed E-state index contributed by atoms with van der Waals surface area (Å²) < 4.78 is 52.7. The van der Waals surface area contributed by atoms with Crippen molar-refractivity contribution in [1.29, 1.82) is 0 Å². The largest absolute Gasteiger partial charge is 0.481 e. The minimum atomic E-state index is -5.43. The summed E-state index contributed by atoms with van der Waals surface area (Å²) in [6.07, 6.45) is -3.46. The van der Waals surface area contributed by atoms with Gasteiger partial charge in [-0.1, -0.05) is 12.8 Å². The molecule has 55 heavy (non-hydrogen) atoms. The summed E-state index contributed by atoms with van der Waals surface area (Å²) in [6, 6.07) is 2.83. The fourth-order valence-electron chi connectivity index (χ4n) is 5.76. The van der Waals surface area contributed by atoms with Gasteiger partial charge in [-0.15, -0.1) is 0 Å². The number of aliphatic hydroxyl groups is 4. The number of nitrogens with one attached hydrogen (secondary N) is 2. The lowest BCUT2D eigenvalue weighted by Gasteiger charge is -2.20. The van der Waals surface area contributed by atoms with Crippen LogP contribution in [0.5, 0.6) is 0 Å². The Morgan fingerprint density at radius 2 is 1.60 bits per heavy atom. The molecule has 5 rings (SSSR count). The van der Waals surface area contributed by atoms with Crippen molar-refractivity contribution in [3.05, 3.63) is 42.7 Å². The number of unbranched alkanes of at least 4 members (excludes halogenated alkanes) is 3. The van der Waals surface area contributed by atoms with Crippen molar-refractivity contribution in [2.24, 2.45) is 11.5 Å². The zero-order chi connectivity index (χ0) is 39.9. The van der Waals surface area contributed by atoms with Crippen LogP contribution in [0.1, 0.15) is 48.5 Å². The van der Waals surface area contributed by atoms with Crippen LogP contribution in [-0.2, 0) is 36.8 Å². The molecule has 0 aromatic carbocycles. The molecule has 2 aliphatic heterocycles. The molecule has 10 atom stereocenters. The highest BCUT2D eigenvalue weighted by Crippen LogP contribution is 2.60. The van der Waals surface area contributed by atoms with E-state index in [1.54, 1.807) is 0 Å². The summed E-state index contributed by atoms with van der Waals surface area (Å²) in [5.41, 5.74) is 11.1. The van der Waals surface area contributed by atoms with Gasteiger partial charge in [0.2, 0.25) is 5.91 Å². The average molecular weight is 821 g/mol. The molecule has 2 fully saturated rings. The van der Waals surface area contributed by atoms with Crippen molar-refractivity contribution in [2.75, 3.05) is 38.2 Å². The normalized spacial score (nSPS) is 27.5. The first-order chi connectivity index (χ1) is 26.1. The van der Waals surface area contributed by atoms with Gasteiger partial charge >= 0.3 is 15.6 Å². The number of ether oxygens (including phenoxy) is 2. The molecule has 0 bridgehead atoms. The van der Waals surface area contributed by atoms with Gasteiger partial charge in [-0.25, -0.2) is 24.1 Å². The van der Waals surface area contributed by atoms with Crippen LogP contribution >= 0.6 is 15.6 Å². The van der Waals surface area contributed by atoms with Crippen molar-refractivity contribution < 1.29 is 76.3 Å². The SMILES string of the molecule is NCCCCCCNC(=O)CNc1ncnc2c1ncn2C1OC(COP(=O)(O)OP(=O)(O)OCC2OC([n+]3cccc(C(N)=O)c3)C(O)C2O)C(O)C1O. The maximum absolute atomic E-state index is 12.6. The number of carbonyl (C=O) groups is 2. The van der Waals surface area contributed by atoms with Gasteiger partial charge in [-0.2, -0.15) is 8.88 Å². The highest BCUT2D eigenvalue weighted by Gasteiger charge is 2.50. The van der Waals surface area contributed by atoms with Gasteiger partial charge in [0.1, 0.15) is 42.4 Å². The molecular formula is C29H44N9O15P2+. The fourth-order valence-corrected chi connectivity index (χ4v) is 7.86. The zero-order valence-corrected chi connectivity index (χ0v) is 30.9. The standard InChI is InChI=1S/C29H43N9O15P2/c30-7-3-1-2-4-8-32-19(39)10-33-26-20-27(35-14-34-26)38(15-36-20)29-24(43)22(41)18(52-29)13-50-55(47,48)53-54(45,46)49-12-17-21(40)23(42)28(51-17)37-9-5-6-16(11-37)25(31)44/h5-6,9,11,14-15,17-18,21-24,28-29,40-43H,1-4,7-8,10,12-13,30H2,(H5-,31,32,33,34,35,39,44,45,46,47,48)/p+1. The Balaban J connectivity index is 1.12. The van der Waals surface area contributed by atoms with Gasteiger partial charge in [-0.3, -0.25) is 23.2 Å². The zero-order valence-electron chi connectivity index (χ0n) is 29.1. The number of carbonyl (C=O) groups excluding carboxylic acids is 2. The smallest absolute Gasteiger partial charge is 0.387 e. The first-order valence-electron chi connectivity index (χ1n) is 17.0. The van der Waals surface area contributed by atoms with E-state index in [-0.39, 0.29) is 35.0 Å². The molecule has 3 aromatic heterocycles. The summed E-state index contributed by atoms with van der Waals surface area (Å²) in [7, 11) is -10.8. The Hall–Kier alpha value is -3.58. The lowest BCUT2D eigenvalue weighted by Crippen LogP contribution is -2.46. The third kappa shape index (κ3) is 10.8. The Morgan fingerprint density at radius 1 is 0.927 bits per heavy atom. The number of primary amides is 1. The molecule has 0 saturated carbocycles. The maximum Gasteiger partial charge on any atom is 0.481 e. The van der Waals surface area contributed by atoms with E-state index >= 15 is 0 Å². The van der Waals surface area contributed by atoms with Crippen LogP contribution < -0.4 is 26.7 Å². The molecule has 304 valence electrons. The number of aliphatic hydroxyl groups excluding tert-OH is 4. The second-order valence-electron chi connectivity index (χ2n) is 12.6. The third-order valence-electron chi connectivity index (χ3n) is 8.59. The summed E-state index contributed by atoms with van der Waals surface area (Å²) in [4.78, 5) is 56.6. The minimum Gasteiger partial charge on any atom is -0.387 e. The molecule has 5 heterocycles. The van der Waals surface area contributed by atoms with Crippen molar-refractivity contribution in [3.8, 4) is 0 Å². The van der Waals surface area contributed by atoms with Crippen LogP contribution in [0.3, 0.4) is 0 Å². The number of hydrogen-bond acceptors (Lipinski definition) is 18. The maximum atomic E-state index is 12.6. The number of phosphoric ester groups is 2. The van der Waals surface area contributed by atoms with Crippen LogP contribution in [0.4, 0.5) is 5.82 Å². The molecular weight excluding hydrogens is 776 g/mol. The van der Waals surface area contributed by atoms with Gasteiger partial charge in [0.15, 0.2) is 41.7 Å². The van der Waals surface area contributed by atoms with Gasteiger partial charge in [0.25, 0.3) is 12.1 Å². The number of pyridine rings is 1. The Labute approximate surface area is 312 Å². The van der Waals surface area contributed by atoms with E-state index in [0.29, 0.717) is 13.1 Å². The molecule has 12 N–H and O–H groups in total. The van der Waals surface area contributed by atoms with Crippen molar-refractivity contribution in [3.63, 3.8) is 0 Å². The Bertz CT molecular complexity index is 1890. The molecule has 2 amide bonds. The van der Waals surface area contributed by atoms with E-state index in [4.69, 9.17) is 30.0 Å². The molecule has 26 heteroatoms. The summed E-state index contributed by atoms with van der Waals surface area (Å²) in [5.74, 6) is -0.854. The predicted octanol–water partition coefficient (Wildman–Crippen LogP) is -2.55. The molecule has 0 radical (unpaired) electrons. The number of imidazole rings is 1. The van der Waals surface area contributed by atoms with E-state index in [9.17, 15) is 48.9 Å². The number of aromatic nitrogens is 5. The Kier molecular flexibility index (Phi) is 14.4. The topological polar surface area (TPSA) is 359 Å². The van der Waals surface area contributed by atoms with E-state index in [2.05, 4.69) is 29.9 Å². The number of fused-ring (bicyclic) bond motifs is 1. The van der Waals surface area contributed by atoms with Crippen LogP contribution in [-0.4, -0.2) is 131 Å². The van der Waals surface area contributed by atoms with Crippen molar-refractivity contribution >= 4 is 44.4 Å². The third-order valence-corrected chi connectivity index (χ3v) is 11.2. The Morgan fingerprint density at radius 3 is 2.29 bits per heavy atom. The number of anilines is 1. The minimum absolute atomic E-state index is 0.0614. The van der Waals surface area contributed by atoms with Crippen LogP contribution in [0.15, 0.2) is 37.2 Å². The second-order valence-corrected chi connectivity index (χ2v) is 15.6. The van der Waals surface area contributed by atoms with E-state index in [1.807, 2.05) is 0 Å². The molecule has 0 spiro atoms. The van der Waals surface area contributed by atoms with E-state index in [0.717, 1.165) is 25.7 Å². The van der Waals surface area contributed by atoms with Crippen molar-refractivity contribution in [2.45, 2.75) is 74.8 Å². The molecule has 3 aromatic rings. The number of nitrogens with two attached hydrogens (primary N) is 2. The quantitative estimate of drug-likeness (QED) is 0.0318. The highest BCUT2D eigenvalue weighted by atomic mass is 31.3. The summed E-state index contributed by atoms with van der Waals surface area (Å²) in [5, 5.41) is 48.0. The van der Waals surface area contributed by atoms with Crippen molar-refractivity contribution in [1.82, 2.24) is 24.8 Å². The van der Waals surface area contributed by atoms with Crippen LogP contribution in [0.25, 0.3) is 11.2 Å².